The molecule has 34 heavy (non-hydrogen) atoms. The van der Waals surface area contributed by atoms with Gasteiger partial charge in [-0.1, -0.05) is 48.6 Å². The lowest BCUT2D eigenvalue weighted by Crippen LogP contribution is -2.48. The second-order valence-electron chi connectivity index (χ2n) is 8.30. The van der Waals surface area contributed by atoms with Gasteiger partial charge in [0.15, 0.2) is 6.61 Å². The quantitative estimate of drug-likeness (QED) is 0.368. The molecule has 2 aromatic carbocycles. The van der Waals surface area contributed by atoms with Crippen molar-refractivity contribution in [1.82, 2.24) is 4.90 Å². The van der Waals surface area contributed by atoms with Gasteiger partial charge in [-0.2, -0.15) is 0 Å². The zero-order valence-electron chi connectivity index (χ0n) is 18.8. The number of benzene rings is 2. The molecule has 3 atom stereocenters. The second kappa shape index (κ2) is 10.3. The van der Waals surface area contributed by atoms with Crippen LogP contribution in [0.4, 0.5) is 5.69 Å². The zero-order valence-corrected chi connectivity index (χ0v) is 18.8. The minimum atomic E-state index is -1.14. The minimum absolute atomic E-state index is 0.113. The highest BCUT2D eigenvalue weighted by Crippen LogP contribution is 2.36. The number of rotatable bonds is 8. The number of ether oxygens (including phenoxy) is 2. The number of amides is 3. The van der Waals surface area contributed by atoms with Crippen molar-refractivity contribution in [2.24, 2.45) is 11.8 Å². The number of fused-ring (bicyclic) bond motifs is 1. The van der Waals surface area contributed by atoms with Crippen LogP contribution in [0, 0.1) is 11.8 Å². The van der Waals surface area contributed by atoms with Crippen molar-refractivity contribution < 1.29 is 28.7 Å². The minimum Gasteiger partial charge on any atom is -0.497 e. The first kappa shape index (κ1) is 23.2. The van der Waals surface area contributed by atoms with Crippen LogP contribution in [0.5, 0.6) is 5.75 Å². The van der Waals surface area contributed by atoms with E-state index in [1.807, 2.05) is 42.5 Å². The van der Waals surface area contributed by atoms with E-state index in [2.05, 4.69) is 5.32 Å². The zero-order chi connectivity index (χ0) is 24.1. The number of carbonyl (C=O) groups is 4. The number of esters is 1. The van der Waals surface area contributed by atoms with Crippen molar-refractivity contribution in [2.75, 3.05) is 19.0 Å². The van der Waals surface area contributed by atoms with Crippen molar-refractivity contribution in [3.8, 4) is 5.75 Å². The molecule has 1 fully saturated rings. The van der Waals surface area contributed by atoms with E-state index in [1.54, 1.807) is 24.3 Å². The maximum Gasteiger partial charge on any atom is 0.330 e. The van der Waals surface area contributed by atoms with E-state index in [0.29, 0.717) is 24.3 Å². The van der Waals surface area contributed by atoms with Gasteiger partial charge in [-0.3, -0.25) is 19.3 Å². The third kappa shape index (κ3) is 5.01. The maximum absolute atomic E-state index is 13.1. The predicted molar refractivity (Wildman–Crippen MR) is 124 cm³/mol. The first-order chi connectivity index (χ1) is 16.5. The summed E-state index contributed by atoms with van der Waals surface area (Å²) in [7, 11) is 1.52. The SMILES string of the molecule is COc1cccc(NC(=O)COC(=O)[C@H](Cc2ccccc2)N2C(=O)[C@@H]3CC=CC[C@H]3C2=O)c1. The van der Waals surface area contributed by atoms with Gasteiger partial charge in [-0.05, 0) is 30.5 Å². The van der Waals surface area contributed by atoms with Crippen LogP contribution in [0.15, 0.2) is 66.7 Å². The van der Waals surface area contributed by atoms with Gasteiger partial charge in [-0.25, -0.2) is 4.79 Å². The molecule has 0 saturated carbocycles. The molecular formula is C26H26N2O6. The first-order valence-corrected chi connectivity index (χ1v) is 11.1. The molecule has 8 heteroatoms. The van der Waals surface area contributed by atoms with E-state index in [-0.39, 0.29) is 18.2 Å². The summed E-state index contributed by atoms with van der Waals surface area (Å²) >= 11 is 0. The van der Waals surface area contributed by atoms with Crippen LogP contribution in [0.1, 0.15) is 18.4 Å². The Morgan fingerprint density at radius 1 is 1.00 bits per heavy atom. The fraction of sp³-hybridized carbons (Fsp3) is 0.308. The van der Waals surface area contributed by atoms with Gasteiger partial charge < -0.3 is 14.8 Å². The smallest absolute Gasteiger partial charge is 0.330 e. The molecule has 2 aromatic rings. The molecule has 2 aliphatic rings. The summed E-state index contributed by atoms with van der Waals surface area (Å²) in [6.07, 6.45) is 4.84. The molecule has 0 bridgehead atoms. The number of anilines is 1. The monoisotopic (exact) mass is 462 g/mol. The number of methoxy groups -OCH3 is 1. The third-order valence-electron chi connectivity index (χ3n) is 6.10. The molecule has 1 aliphatic heterocycles. The first-order valence-electron chi connectivity index (χ1n) is 11.1. The average molecular weight is 463 g/mol. The lowest BCUT2D eigenvalue weighted by molar-refractivity contribution is -0.159. The molecule has 1 heterocycles. The van der Waals surface area contributed by atoms with Gasteiger partial charge in [0.05, 0.1) is 18.9 Å². The van der Waals surface area contributed by atoms with E-state index in [4.69, 9.17) is 9.47 Å². The fourth-order valence-corrected chi connectivity index (χ4v) is 4.38. The Labute approximate surface area is 197 Å². The highest BCUT2D eigenvalue weighted by Gasteiger charge is 2.51. The van der Waals surface area contributed by atoms with Gasteiger partial charge in [0, 0.05) is 18.2 Å². The maximum atomic E-state index is 13.1. The molecule has 0 spiro atoms. The number of carbonyl (C=O) groups excluding carboxylic acids is 4. The van der Waals surface area contributed by atoms with Crippen LogP contribution in [-0.2, 0) is 30.3 Å². The van der Waals surface area contributed by atoms with Crippen LogP contribution >= 0.6 is 0 Å². The highest BCUT2D eigenvalue weighted by molar-refractivity contribution is 6.08. The lowest BCUT2D eigenvalue weighted by atomic mass is 9.85. The normalized spacial score (nSPS) is 20.0. The number of likely N-dealkylation sites (tertiary alicyclic amines) is 1. The number of imide groups is 1. The molecule has 1 N–H and O–H groups in total. The summed E-state index contributed by atoms with van der Waals surface area (Å²) in [4.78, 5) is 52.7. The van der Waals surface area contributed by atoms with E-state index < -0.39 is 36.4 Å². The van der Waals surface area contributed by atoms with Crippen molar-refractivity contribution in [3.63, 3.8) is 0 Å². The van der Waals surface area contributed by atoms with Gasteiger partial charge in [0.25, 0.3) is 5.91 Å². The number of hydrogen-bond acceptors (Lipinski definition) is 6. The van der Waals surface area contributed by atoms with Gasteiger partial charge in [-0.15, -0.1) is 0 Å². The summed E-state index contributed by atoms with van der Waals surface area (Å²) in [5.41, 5.74) is 1.27. The Hall–Kier alpha value is -3.94. The number of allylic oxidation sites excluding steroid dienone is 2. The molecule has 176 valence electrons. The van der Waals surface area contributed by atoms with E-state index in [1.165, 1.54) is 7.11 Å². The van der Waals surface area contributed by atoms with Crippen molar-refractivity contribution in [2.45, 2.75) is 25.3 Å². The molecule has 0 unspecified atom stereocenters. The van der Waals surface area contributed by atoms with Crippen LogP contribution in [-0.4, -0.2) is 48.3 Å². The highest BCUT2D eigenvalue weighted by atomic mass is 16.5. The molecule has 4 rings (SSSR count). The van der Waals surface area contributed by atoms with Crippen LogP contribution in [0.25, 0.3) is 0 Å². The van der Waals surface area contributed by atoms with Crippen molar-refractivity contribution >= 4 is 29.4 Å². The largest absolute Gasteiger partial charge is 0.497 e. The van der Waals surface area contributed by atoms with E-state index in [9.17, 15) is 19.2 Å². The second-order valence-corrected chi connectivity index (χ2v) is 8.30. The van der Waals surface area contributed by atoms with Crippen LogP contribution in [0.2, 0.25) is 0 Å². The molecule has 0 radical (unpaired) electrons. The van der Waals surface area contributed by atoms with Crippen molar-refractivity contribution in [3.05, 3.63) is 72.3 Å². The van der Waals surface area contributed by atoms with Crippen molar-refractivity contribution in [1.29, 1.82) is 0 Å². The van der Waals surface area contributed by atoms with Crippen LogP contribution in [0.3, 0.4) is 0 Å². The van der Waals surface area contributed by atoms with Gasteiger partial charge in [0.2, 0.25) is 11.8 Å². The molecule has 3 amide bonds. The standard InChI is InChI=1S/C26H26N2O6/c1-33-19-11-7-10-18(15-19)27-23(29)16-34-26(32)22(14-17-8-3-2-4-9-17)28-24(30)20-12-5-6-13-21(20)25(28)31/h2-11,15,20-22H,12-14,16H2,1H3,(H,27,29)/t20-,21-,22+/m1/s1. The molecule has 1 saturated heterocycles. The molecular weight excluding hydrogens is 436 g/mol. The summed E-state index contributed by atoms with van der Waals surface area (Å²) in [5.74, 6) is -2.41. The molecule has 8 nitrogen and oxygen atoms in total. The van der Waals surface area contributed by atoms with Crippen LogP contribution < -0.4 is 10.1 Å². The number of hydrogen-bond donors (Lipinski definition) is 1. The average Bonchev–Trinajstić information content (AvgIpc) is 3.11. The predicted octanol–water partition coefficient (Wildman–Crippen LogP) is 2.74. The Bertz CT molecular complexity index is 1090. The van der Waals surface area contributed by atoms with E-state index in [0.717, 1.165) is 10.5 Å². The lowest BCUT2D eigenvalue weighted by Gasteiger charge is -2.25. The van der Waals surface area contributed by atoms with Gasteiger partial charge >= 0.3 is 5.97 Å². The number of nitrogens with one attached hydrogen (secondary N) is 1. The summed E-state index contributed by atoms with van der Waals surface area (Å²) in [6, 6.07) is 14.7. The third-order valence-corrected chi connectivity index (χ3v) is 6.10. The molecule has 1 aliphatic carbocycles. The Balaban J connectivity index is 1.47. The Kier molecular flexibility index (Phi) is 7.06. The van der Waals surface area contributed by atoms with Gasteiger partial charge in [0.1, 0.15) is 11.8 Å². The summed E-state index contributed by atoms with van der Waals surface area (Å²) in [6.45, 7) is -0.550. The Morgan fingerprint density at radius 2 is 1.68 bits per heavy atom. The fourth-order valence-electron chi connectivity index (χ4n) is 4.38. The Morgan fingerprint density at radius 3 is 2.32 bits per heavy atom. The topological polar surface area (TPSA) is 102 Å². The molecule has 0 aromatic heterocycles. The summed E-state index contributed by atoms with van der Waals surface area (Å²) in [5, 5.41) is 2.64. The number of nitrogens with zero attached hydrogens (tertiary/aromatic N) is 1. The van der Waals surface area contributed by atoms with E-state index >= 15 is 0 Å². The summed E-state index contributed by atoms with van der Waals surface area (Å²) < 4.78 is 10.4.